The van der Waals surface area contributed by atoms with Crippen molar-refractivity contribution in [2.75, 3.05) is 13.6 Å². The van der Waals surface area contributed by atoms with Gasteiger partial charge in [0.15, 0.2) is 0 Å². The summed E-state index contributed by atoms with van der Waals surface area (Å²) in [7, 11) is 1.96. The number of hydrogen-bond donors (Lipinski definition) is 2. The molecule has 1 saturated carbocycles. The van der Waals surface area contributed by atoms with Crippen LogP contribution in [0.25, 0.3) is 0 Å². The monoisotopic (exact) mass is 301 g/mol. The summed E-state index contributed by atoms with van der Waals surface area (Å²) in [5.74, 6) is 0. The van der Waals surface area contributed by atoms with Crippen molar-refractivity contribution in [1.82, 2.24) is 5.32 Å². The van der Waals surface area contributed by atoms with Crippen LogP contribution in [0.4, 0.5) is 0 Å². The topological polar surface area (TPSA) is 32.3 Å². The molecule has 4 heteroatoms. The molecule has 0 aromatic heterocycles. The molecule has 0 heterocycles. The van der Waals surface area contributed by atoms with Gasteiger partial charge >= 0.3 is 0 Å². The van der Waals surface area contributed by atoms with Crippen LogP contribution < -0.4 is 5.32 Å². The number of rotatable bonds is 4. The van der Waals surface area contributed by atoms with Crippen LogP contribution in [-0.4, -0.2) is 24.8 Å². The molecule has 106 valence electrons. The lowest BCUT2D eigenvalue weighted by molar-refractivity contribution is 0.0807. The second kappa shape index (κ2) is 6.45. The van der Waals surface area contributed by atoms with Crippen LogP contribution in [0, 0.1) is 0 Å². The molecule has 0 radical (unpaired) electrons. The molecule has 19 heavy (non-hydrogen) atoms. The van der Waals surface area contributed by atoms with E-state index in [0.29, 0.717) is 10.0 Å². The van der Waals surface area contributed by atoms with Gasteiger partial charge in [-0.15, -0.1) is 0 Å². The van der Waals surface area contributed by atoms with Crippen molar-refractivity contribution in [3.63, 3.8) is 0 Å². The molecule has 1 aliphatic carbocycles. The first kappa shape index (κ1) is 15.1. The van der Waals surface area contributed by atoms with E-state index in [4.69, 9.17) is 23.2 Å². The molecule has 1 aromatic carbocycles. The highest BCUT2D eigenvalue weighted by Crippen LogP contribution is 2.43. The first-order valence-electron chi connectivity index (χ1n) is 6.85. The average Bonchev–Trinajstić information content (AvgIpc) is 2.39. The first-order valence-corrected chi connectivity index (χ1v) is 7.61. The fourth-order valence-corrected chi connectivity index (χ4v) is 3.45. The Morgan fingerprint density at radius 1 is 1.37 bits per heavy atom. The lowest BCUT2D eigenvalue weighted by Gasteiger charge is -2.40. The van der Waals surface area contributed by atoms with E-state index in [-0.39, 0.29) is 11.5 Å². The zero-order valence-electron chi connectivity index (χ0n) is 11.3. The lowest BCUT2D eigenvalue weighted by atomic mass is 9.66. The first-order chi connectivity index (χ1) is 9.07. The Morgan fingerprint density at radius 3 is 2.79 bits per heavy atom. The predicted octanol–water partition coefficient (Wildman–Crippen LogP) is 3.78. The average molecular weight is 302 g/mol. The second-order valence-electron chi connectivity index (χ2n) is 5.51. The minimum atomic E-state index is -0.208. The van der Waals surface area contributed by atoms with Crippen LogP contribution in [0.5, 0.6) is 0 Å². The number of halogens is 2. The van der Waals surface area contributed by atoms with E-state index in [1.807, 2.05) is 19.2 Å². The predicted molar refractivity (Wildman–Crippen MR) is 81.2 cm³/mol. The second-order valence-corrected chi connectivity index (χ2v) is 6.33. The molecule has 1 aromatic rings. The maximum atomic E-state index is 10.0. The van der Waals surface area contributed by atoms with Gasteiger partial charge in [0.05, 0.1) is 16.1 Å². The quantitative estimate of drug-likeness (QED) is 0.887. The standard InChI is InChI=1S/C15H21Cl2NO/c1-18-8-7-15(6-2-3-12(19)10-15)11-4-5-13(16)14(17)9-11/h4-5,9,12,18-19H,2-3,6-8,10H2,1H3/t12-,15+/m1/s1. The minimum Gasteiger partial charge on any atom is -0.393 e. The highest BCUT2D eigenvalue weighted by molar-refractivity contribution is 6.42. The van der Waals surface area contributed by atoms with Crippen molar-refractivity contribution in [3.8, 4) is 0 Å². The number of benzene rings is 1. The SMILES string of the molecule is CNCC[C@@]1(c2ccc(Cl)c(Cl)c2)CCC[C@@H](O)C1. The van der Waals surface area contributed by atoms with Gasteiger partial charge in [-0.05, 0) is 68.8 Å². The third kappa shape index (κ3) is 3.43. The Kier molecular flexibility index (Phi) is 5.13. The summed E-state index contributed by atoms with van der Waals surface area (Å²) >= 11 is 12.2. The van der Waals surface area contributed by atoms with Crippen molar-refractivity contribution in [2.24, 2.45) is 0 Å². The van der Waals surface area contributed by atoms with Crippen molar-refractivity contribution in [1.29, 1.82) is 0 Å². The van der Waals surface area contributed by atoms with E-state index >= 15 is 0 Å². The maximum absolute atomic E-state index is 10.0. The van der Waals surface area contributed by atoms with E-state index in [2.05, 4.69) is 11.4 Å². The highest BCUT2D eigenvalue weighted by Gasteiger charge is 2.37. The van der Waals surface area contributed by atoms with E-state index in [1.165, 1.54) is 5.56 Å². The van der Waals surface area contributed by atoms with Crippen LogP contribution in [0.2, 0.25) is 10.0 Å². The van der Waals surface area contributed by atoms with Crippen molar-refractivity contribution >= 4 is 23.2 Å². The normalized spacial score (nSPS) is 27.5. The lowest BCUT2D eigenvalue weighted by Crippen LogP contribution is -2.37. The van der Waals surface area contributed by atoms with Gasteiger partial charge in [-0.25, -0.2) is 0 Å². The van der Waals surface area contributed by atoms with Crippen LogP contribution in [0.3, 0.4) is 0 Å². The molecule has 0 saturated heterocycles. The van der Waals surface area contributed by atoms with Crippen molar-refractivity contribution < 1.29 is 5.11 Å². The van der Waals surface area contributed by atoms with Gasteiger partial charge in [0.1, 0.15) is 0 Å². The van der Waals surface area contributed by atoms with Crippen LogP contribution in [-0.2, 0) is 5.41 Å². The molecular formula is C15H21Cl2NO. The van der Waals surface area contributed by atoms with Gasteiger partial charge in [0.25, 0.3) is 0 Å². The zero-order valence-corrected chi connectivity index (χ0v) is 12.8. The van der Waals surface area contributed by atoms with E-state index in [0.717, 1.165) is 38.6 Å². The molecule has 0 bridgehead atoms. The van der Waals surface area contributed by atoms with Crippen LogP contribution in [0.15, 0.2) is 18.2 Å². The molecule has 2 N–H and O–H groups in total. The molecule has 1 fully saturated rings. The third-order valence-corrected chi connectivity index (χ3v) is 4.94. The van der Waals surface area contributed by atoms with E-state index in [9.17, 15) is 5.11 Å². The Bertz CT molecular complexity index is 438. The Hall–Kier alpha value is -0.280. The summed E-state index contributed by atoms with van der Waals surface area (Å²) in [4.78, 5) is 0. The zero-order chi connectivity index (χ0) is 13.9. The van der Waals surface area contributed by atoms with E-state index < -0.39 is 0 Å². The molecule has 2 rings (SSSR count). The number of hydrogen-bond acceptors (Lipinski definition) is 2. The van der Waals surface area contributed by atoms with E-state index in [1.54, 1.807) is 0 Å². The molecule has 2 nitrogen and oxygen atoms in total. The number of aliphatic hydroxyl groups is 1. The fraction of sp³-hybridized carbons (Fsp3) is 0.600. The molecule has 0 aliphatic heterocycles. The Labute approximate surface area is 125 Å². The van der Waals surface area contributed by atoms with Crippen LogP contribution >= 0.6 is 23.2 Å². The van der Waals surface area contributed by atoms with Gasteiger partial charge in [0, 0.05) is 0 Å². The van der Waals surface area contributed by atoms with Gasteiger partial charge in [-0.3, -0.25) is 0 Å². The molecule has 0 amide bonds. The Balaban J connectivity index is 2.32. The molecule has 1 aliphatic rings. The minimum absolute atomic E-state index is 0.0227. The number of nitrogens with one attached hydrogen (secondary N) is 1. The van der Waals surface area contributed by atoms with Gasteiger partial charge in [0.2, 0.25) is 0 Å². The maximum Gasteiger partial charge on any atom is 0.0595 e. The molecular weight excluding hydrogens is 281 g/mol. The summed E-state index contributed by atoms with van der Waals surface area (Å²) in [6.45, 7) is 0.937. The summed E-state index contributed by atoms with van der Waals surface area (Å²) < 4.78 is 0. The third-order valence-electron chi connectivity index (χ3n) is 4.20. The van der Waals surface area contributed by atoms with Crippen LogP contribution in [0.1, 0.15) is 37.7 Å². The largest absolute Gasteiger partial charge is 0.393 e. The number of aliphatic hydroxyl groups excluding tert-OH is 1. The van der Waals surface area contributed by atoms with Gasteiger partial charge < -0.3 is 10.4 Å². The van der Waals surface area contributed by atoms with Crippen molar-refractivity contribution in [2.45, 2.75) is 43.6 Å². The molecule has 0 spiro atoms. The molecule has 2 atom stereocenters. The highest BCUT2D eigenvalue weighted by atomic mass is 35.5. The fourth-order valence-electron chi connectivity index (χ4n) is 3.16. The molecule has 0 unspecified atom stereocenters. The van der Waals surface area contributed by atoms with Gasteiger partial charge in [-0.1, -0.05) is 29.3 Å². The van der Waals surface area contributed by atoms with Gasteiger partial charge in [-0.2, -0.15) is 0 Å². The Morgan fingerprint density at radius 2 is 2.16 bits per heavy atom. The smallest absolute Gasteiger partial charge is 0.0595 e. The summed E-state index contributed by atoms with van der Waals surface area (Å²) in [6.07, 6.45) is 4.68. The summed E-state index contributed by atoms with van der Waals surface area (Å²) in [6, 6.07) is 5.89. The summed E-state index contributed by atoms with van der Waals surface area (Å²) in [5, 5.41) is 14.4. The summed E-state index contributed by atoms with van der Waals surface area (Å²) in [5.41, 5.74) is 1.23. The van der Waals surface area contributed by atoms with Crippen molar-refractivity contribution in [3.05, 3.63) is 33.8 Å².